The Morgan fingerprint density at radius 2 is 0.738 bits per heavy atom. The molecule has 0 amide bonds. The summed E-state index contributed by atoms with van der Waals surface area (Å²) in [6.07, 6.45) is 0. The Morgan fingerprint density at radius 3 is 1.43 bits per heavy atom. The van der Waals surface area contributed by atoms with Crippen LogP contribution in [0.25, 0.3) is 122 Å². The Balaban J connectivity index is 0.911. The molecule has 4 nitrogen and oxygen atoms in total. The Morgan fingerprint density at radius 1 is 0.262 bits per heavy atom. The predicted molar refractivity (Wildman–Crippen MR) is 252 cm³/mol. The summed E-state index contributed by atoms with van der Waals surface area (Å²) in [4.78, 5) is 15.3. The fourth-order valence-corrected chi connectivity index (χ4v) is 8.77. The molecular weight excluding hydrogens is 743 g/mol. The van der Waals surface area contributed by atoms with Gasteiger partial charge >= 0.3 is 0 Å². The molecule has 4 heteroatoms. The largest absolute Gasteiger partial charge is 0.456 e. The lowest BCUT2D eigenvalue weighted by molar-refractivity contribution is 0.669. The van der Waals surface area contributed by atoms with Crippen LogP contribution in [0, 0.1) is 0 Å². The van der Waals surface area contributed by atoms with E-state index < -0.39 is 0 Å². The minimum absolute atomic E-state index is 0.618. The molecule has 284 valence electrons. The van der Waals surface area contributed by atoms with Crippen molar-refractivity contribution in [2.24, 2.45) is 0 Å². The van der Waals surface area contributed by atoms with Gasteiger partial charge in [0, 0.05) is 27.5 Å². The SMILES string of the molecule is c1ccc2cc(-c3ccc(-c4nc(-c5ccc(-c6ccc7c(c6)oc6cccc(-c8ccc9ccccc9c8)c67)cc5)nc(-c5cccc6ccccc56)n4)cc3)ccc2c1. The van der Waals surface area contributed by atoms with Crippen LogP contribution in [0.5, 0.6) is 0 Å². The number of nitrogens with zero attached hydrogens (tertiary/aromatic N) is 3. The zero-order valence-corrected chi connectivity index (χ0v) is 33.0. The molecule has 0 fully saturated rings. The van der Waals surface area contributed by atoms with Gasteiger partial charge in [0.1, 0.15) is 11.2 Å². The summed E-state index contributed by atoms with van der Waals surface area (Å²) >= 11 is 0. The van der Waals surface area contributed by atoms with Gasteiger partial charge in [-0.05, 0) is 96.0 Å². The molecule has 12 rings (SSSR count). The molecule has 0 unspecified atom stereocenters. The lowest BCUT2D eigenvalue weighted by Crippen LogP contribution is -2.00. The number of benzene rings is 10. The Kier molecular flexibility index (Phi) is 8.13. The molecule has 0 N–H and O–H groups in total. The molecule has 2 heterocycles. The van der Waals surface area contributed by atoms with Crippen molar-refractivity contribution < 1.29 is 4.42 Å². The maximum absolute atomic E-state index is 6.52. The van der Waals surface area contributed by atoms with Gasteiger partial charge in [0.05, 0.1) is 0 Å². The molecular formula is C57H35N3O. The minimum atomic E-state index is 0.618. The molecule has 0 aliphatic rings. The quantitative estimate of drug-likeness (QED) is 0.169. The van der Waals surface area contributed by atoms with Gasteiger partial charge in [-0.25, -0.2) is 15.0 Å². The van der Waals surface area contributed by atoms with Gasteiger partial charge in [0.25, 0.3) is 0 Å². The molecule has 0 saturated carbocycles. The van der Waals surface area contributed by atoms with E-state index in [2.05, 4.69) is 212 Å². The van der Waals surface area contributed by atoms with E-state index in [4.69, 9.17) is 19.4 Å². The monoisotopic (exact) mass is 777 g/mol. The fourth-order valence-electron chi connectivity index (χ4n) is 8.77. The first-order chi connectivity index (χ1) is 30.2. The lowest BCUT2D eigenvalue weighted by Gasteiger charge is -2.11. The molecule has 61 heavy (non-hydrogen) atoms. The van der Waals surface area contributed by atoms with Gasteiger partial charge in [0.2, 0.25) is 0 Å². The third kappa shape index (κ3) is 6.21. The van der Waals surface area contributed by atoms with Gasteiger partial charge in [-0.2, -0.15) is 0 Å². The number of aromatic nitrogens is 3. The van der Waals surface area contributed by atoms with Crippen molar-refractivity contribution in [2.45, 2.75) is 0 Å². The predicted octanol–water partition coefficient (Wildman–Crippen LogP) is 15.2. The smallest absolute Gasteiger partial charge is 0.164 e. The van der Waals surface area contributed by atoms with Crippen LogP contribution in [-0.2, 0) is 0 Å². The van der Waals surface area contributed by atoms with Crippen molar-refractivity contribution in [3.8, 4) is 67.5 Å². The lowest BCUT2D eigenvalue weighted by atomic mass is 9.96. The normalized spacial score (nSPS) is 11.6. The van der Waals surface area contributed by atoms with Crippen molar-refractivity contribution in [3.05, 3.63) is 212 Å². The Hall–Kier alpha value is -8.21. The second-order valence-electron chi connectivity index (χ2n) is 15.6. The third-order valence-corrected chi connectivity index (χ3v) is 11.9. The highest BCUT2D eigenvalue weighted by Gasteiger charge is 2.17. The molecule has 0 aliphatic carbocycles. The summed E-state index contributed by atoms with van der Waals surface area (Å²) in [6, 6.07) is 74.7. The second kappa shape index (κ2) is 14.3. The fraction of sp³-hybridized carbons (Fsp3) is 0. The molecule has 12 aromatic rings. The molecule has 0 spiro atoms. The molecule has 0 saturated heterocycles. The van der Waals surface area contributed by atoms with Crippen LogP contribution in [0.1, 0.15) is 0 Å². The minimum Gasteiger partial charge on any atom is -0.456 e. The number of hydrogen-bond acceptors (Lipinski definition) is 4. The standard InChI is InChI=1S/C57H35N3O/c1-3-12-43-33-45(29-23-36(43)9-1)38-19-25-41(26-20-38)55-58-56(60-57(59-55)50-17-7-14-40-11-5-6-15-48(40)50)42-27-21-39(22-28-42)46-31-32-51-53(35-46)61-52-18-8-16-49(54(51)52)47-30-24-37-10-2-4-13-44(37)34-47/h1-35H. The Labute approximate surface area is 352 Å². The van der Waals surface area contributed by atoms with E-state index in [-0.39, 0.29) is 0 Å². The van der Waals surface area contributed by atoms with Gasteiger partial charge in [0.15, 0.2) is 17.5 Å². The maximum atomic E-state index is 6.52. The van der Waals surface area contributed by atoms with Gasteiger partial charge in [-0.1, -0.05) is 182 Å². The summed E-state index contributed by atoms with van der Waals surface area (Å²) in [5.41, 5.74) is 11.3. The number of fused-ring (bicyclic) bond motifs is 6. The molecule has 2 aromatic heterocycles. The highest BCUT2D eigenvalue weighted by atomic mass is 16.3. The van der Waals surface area contributed by atoms with E-state index in [9.17, 15) is 0 Å². The number of furan rings is 1. The number of rotatable bonds is 6. The average molecular weight is 778 g/mol. The highest BCUT2D eigenvalue weighted by Crippen LogP contribution is 2.39. The highest BCUT2D eigenvalue weighted by molar-refractivity contribution is 6.13. The van der Waals surface area contributed by atoms with Crippen LogP contribution < -0.4 is 0 Å². The molecule has 0 radical (unpaired) electrons. The molecule has 0 bridgehead atoms. The van der Waals surface area contributed by atoms with Crippen LogP contribution in [0.3, 0.4) is 0 Å². The van der Waals surface area contributed by atoms with Crippen molar-refractivity contribution in [2.75, 3.05) is 0 Å². The molecule has 10 aromatic carbocycles. The van der Waals surface area contributed by atoms with Crippen LogP contribution in [0.2, 0.25) is 0 Å². The summed E-state index contributed by atoms with van der Waals surface area (Å²) in [6.45, 7) is 0. The summed E-state index contributed by atoms with van der Waals surface area (Å²) in [7, 11) is 0. The van der Waals surface area contributed by atoms with E-state index in [1.165, 1.54) is 38.2 Å². The van der Waals surface area contributed by atoms with Crippen molar-refractivity contribution in [1.82, 2.24) is 15.0 Å². The van der Waals surface area contributed by atoms with Crippen LogP contribution in [0.15, 0.2) is 217 Å². The maximum Gasteiger partial charge on any atom is 0.164 e. The van der Waals surface area contributed by atoms with Crippen LogP contribution in [-0.4, -0.2) is 15.0 Å². The summed E-state index contributed by atoms with van der Waals surface area (Å²) in [5, 5.41) is 9.37. The van der Waals surface area contributed by atoms with E-state index in [1.54, 1.807) is 0 Å². The van der Waals surface area contributed by atoms with Crippen molar-refractivity contribution >= 4 is 54.3 Å². The van der Waals surface area contributed by atoms with E-state index in [1.807, 2.05) is 0 Å². The van der Waals surface area contributed by atoms with Crippen LogP contribution in [0.4, 0.5) is 0 Å². The van der Waals surface area contributed by atoms with Gasteiger partial charge in [-0.3, -0.25) is 0 Å². The zero-order valence-electron chi connectivity index (χ0n) is 33.0. The second-order valence-corrected chi connectivity index (χ2v) is 15.6. The first kappa shape index (κ1) is 34.8. The van der Waals surface area contributed by atoms with Crippen molar-refractivity contribution in [3.63, 3.8) is 0 Å². The molecule has 0 atom stereocenters. The summed E-state index contributed by atoms with van der Waals surface area (Å²) in [5.74, 6) is 1.88. The first-order valence-corrected chi connectivity index (χ1v) is 20.6. The van der Waals surface area contributed by atoms with Crippen LogP contribution >= 0.6 is 0 Å². The average Bonchev–Trinajstić information content (AvgIpc) is 3.72. The van der Waals surface area contributed by atoms with E-state index in [0.29, 0.717) is 17.5 Å². The third-order valence-electron chi connectivity index (χ3n) is 11.9. The number of hydrogen-bond donors (Lipinski definition) is 0. The van der Waals surface area contributed by atoms with E-state index >= 15 is 0 Å². The topological polar surface area (TPSA) is 51.8 Å². The zero-order chi connectivity index (χ0) is 40.3. The van der Waals surface area contributed by atoms with Gasteiger partial charge < -0.3 is 4.42 Å². The molecule has 0 aliphatic heterocycles. The Bertz CT molecular complexity index is 3640. The summed E-state index contributed by atoms with van der Waals surface area (Å²) < 4.78 is 6.52. The van der Waals surface area contributed by atoms with Gasteiger partial charge in [-0.15, -0.1) is 0 Å². The first-order valence-electron chi connectivity index (χ1n) is 20.6. The van der Waals surface area contributed by atoms with E-state index in [0.717, 1.165) is 66.1 Å². The van der Waals surface area contributed by atoms with Crippen molar-refractivity contribution in [1.29, 1.82) is 0 Å².